The van der Waals surface area contributed by atoms with Crippen LogP contribution < -0.4 is 0 Å². The van der Waals surface area contributed by atoms with E-state index < -0.39 is 12.0 Å². The van der Waals surface area contributed by atoms with Crippen LogP contribution in [-0.2, 0) is 4.79 Å². The molecular weight excluding hydrogens is 216 g/mol. The van der Waals surface area contributed by atoms with Gasteiger partial charge in [0.2, 0.25) is 0 Å². The van der Waals surface area contributed by atoms with Crippen LogP contribution in [0.4, 0.5) is 0 Å². The van der Waals surface area contributed by atoms with Crippen molar-refractivity contribution in [3.8, 4) is 0 Å². The Morgan fingerprint density at radius 1 is 1.35 bits per heavy atom. The zero-order valence-corrected chi connectivity index (χ0v) is 9.37. The molecule has 2 rings (SSSR count). The summed E-state index contributed by atoms with van der Waals surface area (Å²) in [6, 6.07) is 10.8. The first kappa shape index (κ1) is 11.3. The van der Waals surface area contributed by atoms with Crippen molar-refractivity contribution in [1.82, 2.24) is 4.98 Å². The van der Waals surface area contributed by atoms with Gasteiger partial charge in [0.05, 0.1) is 11.2 Å². The zero-order chi connectivity index (χ0) is 12.3. The highest BCUT2D eigenvalue weighted by molar-refractivity contribution is 5.86. The lowest BCUT2D eigenvalue weighted by Crippen LogP contribution is -2.13. The third-order valence-electron chi connectivity index (χ3n) is 2.41. The van der Waals surface area contributed by atoms with Crippen molar-refractivity contribution in [3.63, 3.8) is 0 Å². The van der Waals surface area contributed by atoms with E-state index in [1.807, 2.05) is 36.4 Å². The predicted molar refractivity (Wildman–Crippen MR) is 66.4 cm³/mol. The van der Waals surface area contributed by atoms with Crippen molar-refractivity contribution in [1.29, 1.82) is 0 Å². The fourth-order valence-corrected chi connectivity index (χ4v) is 1.41. The Morgan fingerprint density at radius 2 is 2.12 bits per heavy atom. The molecule has 0 aliphatic heterocycles. The molecule has 86 valence electrons. The van der Waals surface area contributed by atoms with E-state index in [1.165, 1.54) is 13.1 Å². The Morgan fingerprint density at radius 3 is 2.88 bits per heavy atom. The summed E-state index contributed by atoms with van der Waals surface area (Å²) in [5.74, 6) is -0.943. The number of benzene rings is 1. The Hall–Kier alpha value is -2.23. The summed E-state index contributed by atoms with van der Waals surface area (Å²) >= 11 is 0. The average Bonchev–Trinajstić information content (AvgIpc) is 2.35. The maximum Gasteiger partial charge on any atom is 0.328 e. The van der Waals surface area contributed by atoms with Gasteiger partial charge in [0, 0.05) is 11.6 Å². The largest absolute Gasteiger partial charge is 0.480 e. The molecule has 1 atom stereocenters. The zero-order valence-electron chi connectivity index (χ0n) is 9.37. The Labute approximate surface area is 98.6 Å². The molecule has 0 aliphatic rings. The van der Waals surface area contributed by atoms with Crippen molar-refractivity contribution < 1.29 is 9.90 Å². The molecule has 4 heteroatoms. The van der Waals surface area contributed by atoms with Crippen molar-refractivity contribution >= 4 is 23.1 Å². The number of pyridine rings is 1. The molecule has 1 aromatic carbocycles. The van der Waals surface area contributed by atoms with Crippen LogP contribution in [0.1, 0.15) is 12.6 Å². The van der Waals surface area contributed by atoms with Crippen molar-refractivity contribution in [2.24, 2.45) is 4.99 Å². The van der Waals surface area contributed by atoms with E-state index in [0.717, 1.165) is 10.9 Å². The van der Waals surface area contributed by atoms with Gasteiger partial charge < -0.3 is 5.11 Å². The lowest BCUT2D eigenvalue weighted by molar-refractivity contribution is -0.137. The smallest absolute Gasteiger partial charge is 0.328 e. The number of rotatable bonds is 3. The van der Waals surface area contributed by atoms with Crippen LogP contribution in [0.25, 0.3) is 10.9 Å². The maximum absolute atomic E-state index is 10.6. The van der Waals surface area contributed by atoms with Gasteiger partial charge in [-0.25, -0.2) is 9.78 Å². The number of carboxylic acids is 1. The van der Waals surface area contributed by atoms with E-state index in [-0.39, 0.29) is 0 Å². The first-order valence-electron chi connectivity index (χ1n) is 5.28. The number of aliphatic carboxylic acids is 1. The highest BCUT2D eigenvalue weighted by atomic mass is 16.4. The molecule has 0 amide bonds. The molecule has 0 radical (unpaired) electrons. The molecule has 1 unspecified atom stereocenters. The van der Waals surface area contributed by atoms with Gasteiger partial charge in [0.25, 0.3) is 0 Å². The number of aliphatic imine (C=N–C) groups is 1. The minimum Gasteiger partial charge on any atom is -0.480 e. The van der Waals surface area contributed by atoms with Crippen molar-refractivity contribution in [3.05, 3.63) is 42.1 Å². The van der Waals surface area contributed by atoms with Crippen LogP contribution in [0.5, 0.6) is 0 Å². The predicted octanol–water partition coefficient (Wildman–Crippen LogP) is 2.13. The van der Waals surface area contributed by atoms with Gasteiger partial charge in [-0.05, 0) is 19.1 Å². The van der Waals surface area contributed by atoms with Gasteiger partial charge >= 0.3 is 5.97 Å². The van der Waals surface area contributed by atoms with Gasteiger partial charge in [0.1, 0.15) is 6.04 Å². The SMILES string of the molecule is CC(N=Cc1ccc2ccccc2n1)C(=O)O. The lowest BCUT2D eigenvalue weighted by atomic mass is 10.2. The van der Waals surface area contributed by atoms with E-state index in [2.05, 4.69) is 9.98 Å². The van der Waals surface area contributed by atoms with Crippen LogP contribution in [-0.4, -0.2) is 28.3 Å². The summed E-state index contributed by atoms with van der Waals surface area (Å²) in [6.07, 6.45) is 1.49. The Bertz CT molecular complexity index is 578. The molecule has 4 nitrogen and oxygen atoms in total. The fourth-order valence-electron chi connectivity index (χ4n) is 1.41. The molecule has 0 spiro atoms. The van der Waals surface area contributed by atoms with Crippen molar-refractivity contribution in [2.45, 2.75) is 13.0 Å². The van der Waals surface area contributed by atoms with Crippen LogP contribution in [0.3, 0.4) is 0 Å². The molecule has 1 heterocycles. The number of para-hydroxylation sites is 1. The van der Waals surface area contributed by atoms with Crippen LogP contribution >= 0.6 is 0 Å². The average molecular weight is 228 g/mol. The molecule has 0 bridgehead atoms. The second-order valence-electron chi connectivity index (χ2n) is 3.72. The standard InChI is InChI=1S/C13H12N2O2/c1-9(13(16)17)14-8-11-7-6-10-4-2-3-5-12(10)15-11/h2-9H,1H3,(H,16,17). The molecule has 17 heavy (non-hydrogen) atoms. The van der Waals surface area contributed by atoms with Gasteiger partial charge in [0.15, 0.2) is 0 Å². The van der Waals surface area contributed by atoms with Crippen LogP contribution in [0, 0.1) is 0 Å². The summed E-state index contributed by atoms with van der Waals surface area (Å²) < 4.78 is 0. The third-order valence-corrected chi connectivity index (χ3v) is 2.41. The summed E-state index contributed by atoms with van der Waals surface area (Å²) in [5, 5.41) is 9.75. The summed E-state index contributed by atoms with van der Waals surface area (Å²) in [5.41, 5.74) is 1.54. The second-order valence-corrected chi connectivity index (χ2v) is 3.72. The summed E-state index contributed by atoms with van der Waals surface area (Å²) in [4.78, 5) is 18.9. The normalized spacial score (nSPS) is 13.0. The first-order chi connectivity index (χ1) is 8.16. The van der Waals surface area contributed by atoms with Gasteiger partial charge in [-0.2, -0.15) is 0 Å². The minimum atomic E-state index is -0.943. The monoisotopic (exact) mass is 228 g/mol. The first-order valence-corrected chi connectivity index (χ1v) is 5.28. The van der Waals surface area contributed by atoms with Gasteiger partial charge in [-0.15, -0.1) is 0 Å². The molecule has 2 aromatic rings. The maximum atomic E-state index is 10.6. The Kier molecular flexibility index (Phi) is 3.14. The van der Waals surface area contributed by atoms with Gasteiger partial charge in [-0.3, -0.25) is 4.99 Å². The second kappa shape index (κ2) is 4.74. The van der Waals surface area contributed by atoms with E-state index >= 15 is 0 Å². The Balaban J connectivity index is 2.28. The van der Waals surface area contributed by atoms with Crippen LogP contribution in [0.2, 0.25) is 0 Å². The van der Waals surface area contributed by atoms with Gasteiger partial charge in [-0.1, -0.05) is 24.3 Å². The topological polar surface area (TPSA) is 62.5 Å². The molecule has 0 aliphatic carbocycles. The van der Waals surface area contributed by atoms with Crippen molar-refractivity contribution in [2.75, 3.05) is 0 Å². The highest BCUT2D eigenvalue weighted by Crippen LogP contribution is 2.10. The number of nitrogens with zero attached hydrogens (tertiary/aromatic N) is 2. The highest BCUT2D eigenvalue weighted by Gasteiger charge is 2.06. The van der Waals surface area contributed by atoms with E-state index in [9.17, 15) is 4.79 Å². The third kappa shape index (κ3) is 2.66. The number of aromatic nitrogens is 1. The molecule has 0 fully saturated rings. The fraction of sp³-hybridized carbons (Fsp3) is 0.154. The number of fused-ring (bicyclic) bond motifs is 1. The molecule has 0 saturated heterocycles. The minimum absolute atomic E-state index is 0.664. The molecule has 1 aromatic heterocycles. The molecular formula is C13H12N2O2. The molecule has 1 N–H and O–H groups in total. The summed E-state index contributed by atoms with van der Waals surface area (Å²) in [7, 11) is 0. The number of hydrogen-bond acceptors (Lipinski definition) is 3. The van der Waals surface area contributed by atoms with E-state index in [1.54, 1.807) is 0 Å². The molecule has 0 saturated carbocycles. The quantitative estimate of drug-likeness (QED) is 0.818. The lowest BCUT2D eigenvalue weighted by Gasteiger charge is -2.00. The number of carboxylic acid groups (broad SMARTS) is 1. The number of hydrogen-bond donors (Lipinski definition) is 1. The van der Waals surface area contributed by atoms with E-state index in [0.29, 0.717) is 5.69 Å². The van der Waals surface area contributed by atoms with Crippen LogP contribution in [0.15, 0.2) is 41.4 Å². The summed E-state index contributed by atoms with van der Waals surface area (Å²) in [6.45, 7) is 1.53. The number of carbonyl (C=O) groups is 1. The van der Waals surface area contributed by atoms with E-state index in [4.69, 9.17) is 5.11 Å².